The van der Waals surface area contributed by atoms with E-state index in [9.17, 15) is 18.4 Å². The minimum atomic E-state index is -3.72. The molecule has 0 saturated carbocycles. The Morgan fingerprint density at radius 3 is 2.65 bits per heavy atom. The fourth-order valence-electron chi connectivity index (χ4n) is 1.46. The lowest BCUT2D eigenvalue weighted by molar-refractivity contribution is -0.286. The SMILES string of the molecule is O=C(CCCl)NC(=O)Nc1ccc2c(c1)OC(F)(F)O2. The number of rotatable bonds is 3. The molecule has 1 aliphatic rings. The molecule has 1 aromatic carbocycles. The topological polar surface area (TPSA) is 76.7 Å². The second kappa shape index (κ2) is 5.49. The second-order valence-corrected chi connectivity index (χ2v) is 4.15. The summed E-state index contributed by atoms with van der Waals surface area (Å²) in [7, 11) is 0. The van der Waals surface area contributed by atoms with Crippen LogP contribution in [0.1, 0.15) is 6.42 Å². The van der Waals surface area contributed by atoms with Crippen LogP contribution in [0.4, 0.5) is 19.3 Å². The van der Waals surface area contributed by atoms with E-state index in [2.05, 4.69) is 14.8 Å². The van der Waals surface area contributed by atoms with Crippen LogP contribution in [0.25, 0.3) is 0 Å². The fourth-order valence-corrected chi connectivity index (χ4v) is 1.64. The Kier molecular flexibility index (Phi) is 3.93. The number of alkyl halides is 3. The molecule has 0 aromatic heterocycles. The summed E-state index contributed by atoms with van der Waals surface area (Å²) in [6.45, 7) is 0. The highest BCUT2D eigenvalue weighted by molar-refractivity contribution is 6.19. The van der Waals surface area contributed by atoms with Crippen LogP contribution in [0.15, 0.2) is 18.2 Å². The Hall–Kier alpha value is -2.09. The van der Waals surface area contributed by atoms with Gasteiger partial charge in [0.15, 0.2) is 11.5 Å². The minimum Gasteiger partial charge on any atom is -0.395 e. The molecule has 0 unspecified atom stereocenters. The molecule has 0 atom stereocenters. The average molecular weight is 307 g/mol. The standard InChI is InChI=1S/C11H9ClF2N2O4/c12-4-3-9(17)16-10(18)15-6-1-2-7-8(5-6)20-11(13,14)19-7/h1-2,5H,3-4H2,(H2,15,16,17,18). The van der Waals surface area contributed by atoms with E-state index in [1.54, 1.807) is 0 Å². The zero-order chi connectivity index (χ0) is 14.8. The number of benzene rings is 1. The van der Waals surface area contributed by atoms with Gasteiger partial charge in [0.05, 0.1) is 0 Å². The van der Waals surface area contributed by atoms with Crippen molar-refractivity contribution in [2.45, 2.75) is 12.7 Å². The lowest BCUT2D eigenvalue weighted by Crippen LogP contribution is -2.34. The van der Waals surface area contributed by atoms with Crippen molar-refractivity contribution in [2.75, 3.05) is 11.2 Å². The number of hydrogen-bond donors (Lipinski definition) is 2. The van der Waals surface area contributed by atoms with Crippen molar-refractivity contribution >= 4 is 29.2 Å². The number of urea groups is 1. The van der Waals surface area contributed by atoms with Gasteiger partial charge >= 0.3 is 12.3 Å². The molecule has 108 valence electrons. The summed E-state index contributed by atoms with van der Waals surface area (Å²) in [4.78, 5) is 22.5. The van der Waals surface area contributed by atoms with Crippen LogP contribution in [-0.4, -0.2) is 24.1 Å². The third kappa shape index (κ3) is 3.47. The van der Waals surface area contributed by atoms with Crippen LogP contribution >= 0.6 is 11.6 Å². The van der Waals surface area contributed by atoms with Crippen molar-refractivity contribution in [3.63, 3.8) is 0 Å². The molecule has 6 nitrogen and oxygen atoms in total. The van der Waals surface area contributed by atoms with E-state index in [0.29, 0.717) is 0 Å². The van der Waals surface area contributed by atoms with Gasteiger partial charge in [-0.3, -0.25) is 10.1 Å². The van der Waals surface area contributed by atoms with E-state index in [4.69, 9.17) is 11.6 Å². The molecular formula is C11H9ClF2N2O4. The first kappa shape index (κ1) is 14.3. The van der Waals surface area contributed by atoms with Crippen LogP contribution < -0.4 is 20.1 Å². The molecular weight excluding hydrogens is 298 g/mol. The summed E-state index contributed by atoms with van der Waals surface area (Å²) < 4.78 is 34.0. The lowest BCUT2D eigenvalue weighted by atomic mass is 10.3. The van der Waals surface area contributed by atoms with Crippen LogP contribution in [0.5, 0.6) is 11.5 Å². The largest absolute Gasteiger partial charge is 0.586 e. The molecule has 2 N–H and O–H groups in total. The normalized spacial score (nSPS) is 14.8. The lowest BCUT2D eigenvalue weighted by Gasteiger charge is -2.06. The predicted octanol–water partition coefficient (Wildman–Crippen LogP) is 2.29. The zero-order valence-electron chi connectivity index (χ0n) is 9.91. The Balaban J connectivity index is 1.98. The molecule has 9 heteroatoms. The van der Waals surface area contributed by atoms with Crippen LogP contribution in [0, 0.1) is 0 Å². The molecule has 20 heavy (non-hydrogen) atoms. The molecule has 0 spiro atoms. The van der Waals surface area contributed by atoms with Gasteiger partial charge in [-0.25, -0.2) is 4.79 Å². The van der Waals surface area contributed by atoms with Gasteiger partial charge in [-0.2, -0.15) is 0 Å². The highest BCUT2D eigenvalue weighted by Gasteiger charge is 2.43. The van der Waals surface area contributed by atoms with E-state index < -0.39 is 18.2 Å². The highest BCUT2D eigenvalue weighted by atomic mass is 35.5. The van der Waals surface area contributed by atoms with E-state index in [-0.39, 0.29) is 29.5 Å². The Morgan fingerprint density at radius 2 is 1.95 bits per heavy atom. The summed E-state index contributed by atoms with van der Waals surface area (Å²) in [5, 5.41) is 4.31. The van der Waals surface area contributed by atoms with Gasteiger partial charge in [-0.05, 0) is 12.1 Å². The van der Waals surface area contributed by atoms with Gasteiger partial charge in [-0.15, -0.1) is 20.4 Å². The summed E-state index contributed by atoms with van der Waals surface area (Å²) in [6.07, 6.45) is -3.73. The minimum absolute atomic E-state index is 0.0116. The monoisotopic (exact) mass is 306 g/mol. The number of anilines is 1. The molecule has 3 amide bonds. The first-order valence-corrected chi connectivity index (χ1v) is 6.00. The summed E-state index contributed by atoms with van der Waals surface area (Å²) in [6, 6.07) is 2.90. The van der Waals surface area contributed by atoms with E-state index in [1.165, 1.54) is 12.1 Å². The second-order valence-electron chi connectivity index (χ2n) is 3.77. The maximum Gasteiger partial charge on any atom is 0.586 e. The maximum absolute atomic E-state index is 12.8. The van der Waals surface area contributed by atoms with E-state index in [1.807, 2.05) is 5.32 Å². The number of nitrogens with one attached hydrogen (secondary N) is 2. The molecule has 0 aliphatic carbocycles. The van der Waals surface area contributed by atoms with Crippen molar-refractivity contribution in [3.05, 3.63) is 18.2 Å². The van der Waals surface area contributed by atoms with Crippen molar-refractivity contribution in [1.29, 1.82) is 0 Å². The first-order valence-electron chi connectivity index (χ1n) is 5.46. The summed E-state index contributed by atoms with van der Waals surface area (Å²) in [5.41, 5.74) is 0.168. The van der Waals surface area contributed by atoms with Crippen molar-refractivity contribution < 1.29 is 27.8 Å². The van der Waals surface area contributed by atoms with Crippen molar-refractivity contribution in [2.24, 2.45) is 0 Å². The fraction of sp³-hybridized carbons (Fsp3) is 0.273. The van der Waals surface area contributed by atoms with Crippen molar-refractivity contribution in [1.82, 2.24) is 5.32 Å². The maximum atomic E-state index is 12.8. The first-order chi connectivity index (χ1) is 9.39. The molecule has 0 radical (unpaired) electrons. The van der Waals surface area contributed by atoms with E-state index in [0.717, 1.165) is 6.07 Å². The van der Waals surface area contributed by atoms with Gasteiger partial charge in [0.2, 0.25) is 5.91 Å². The Bertz CT molecular complexity index is 553. The smallest absolute Gasteiger partial charge is 0.395 e. The molecule has 2 rings (SSSR count). The molecule has 0 saturated heterocycles. The third-order valence-electron chi connectivity index (χ3n) is 2.23. The Morgan fingerprint density at radius 1 is 1.25 bits per heavy atom. The number of carbonyl (C=O) groups is 2. The van der Waals surface area contributed by atoms with Gasteiger partial charge in [0.1, 0.15) is 0 Å². The number of carbonyl (C=O) groups excluding carboxylic acids is 2. The van der Waals surface area contributed by atoms with Crippen LogP contribution in [0.2, 0.25) is 0 Å². The number of imide groups is 1. The third-order valence-corrected chi connectivity index (χ3v) is 2.42. The molecule has 1 heterocycles. The predicted molar refractivity (Wildman–Crippen MR) is 65.1 cm³/mol. The zero-order valence-corrected chi connectivity index (χ0v) is 10.7. The quantitative estimate of drug-likeness (QED) is 0.840. The van der Waals surface area contributed by atoms with Crippen molar-refractivity contribution in [3.8, 4) is 11.5 Å². The number of amides is 3. The molecule has 1 aromatic rings. The van der Waals surface area contributed by atoms with Crippen LogP contribution in [0.3, 0.4) is 0 Å². The Labute approximate surface area is 117 Å². The molecule has 0 fully saturated rings. The van der Waals surface area contributed by atoms with Gasteiger partial charge in [0, 0.05) is 24.1 Å². The molecule has 1 aliphatic heterocycles. The number of fused-ring (bicyclic) bond motifs is 1. The number of halogens is 3. The van der Waals surface area contributed by atoms with E-state index >= 15 is 0 Å². The van der Waals surface area contributed by atoms with Crippen LogP contribution in [-0.2, 0) is 4.79 Å². The summed E-state index contributed by atoms with van der Waals surface area (Å²) in [5.74, 6) is -0.818. The van der Waals surface area contributed by atoms with Gasteiger partial charge in [-0.1, -0.05) is 0 Å². The highest BCUT2D eigenvalue weighted by Crippen LogP contribution is 2.42. The molecule has 0 bridgehead atoms. The average Bonchev–Trinajstić information content (AvgIpc) is 2.62. The van der Waals surface area contributed by atoms with Gasteiger partial charge in [0.25, 0.3) is 0 Å². The number of ether oxygens (including phenoxy) is 2. The number of hydrogen-bond acceptors (Lipinski definition) is 4. The summed E-state index contributed by atoms with van der Waals surface area (Å²) >= 11 is 5.34. The van der Waals surface area contributed by atoms with Gasteiger partial charge < -0.3 is 14.8 Å².